The Balaban J connectivity index is 1.70. The van der Waals surface area contributed by atoms with Crippen molar-refractivity contribution < 1.29 is 33.7 Å². The van der Waals surface area contributed by atoms with Gasteiger partial charge in [-0.2, -0.15) is 0 Å². The molecule has 0 amide bonds. The van der Waals surface area contributed by atoms with Gasteiger partial charge in [0.1, 0.15) is 6.61 Å². The maximum Gasteiger partial charge on any atom is 0.342 e. The summed E-state index contributed by atoms with van der Waals surface area (Å²) in [5.41, 5.74) is -1.54. The summed E-state index contributed by atoms with van der Waals surface area (Å²) in [5.74, 6) is -2.35. The molecular formula is C20H16Br2O7. The molecule has 152 valence electrons. The van der Waals surface area contributed by atoms with E-state index in [1.807, 2.05) is 0 Å². The summed E-state index contributed by atoms with van der Waals surface area (Å²) >= 11 is 6.54. The quantitative estimate of drug-likeness (QED) is 0.470. The van der Waals surface area contributed by atoms with Crippen molar-refractivity contribution in [3.63, 3.8) is 0 Å². The molecule has 1 aliphatic rings. The van der Waals surface area contributed by atoms with Crippen LogP contribution in [-0.4, -0.2) is 47.4 Å². The van der Waals surface area contributed by atoms with Gasteiger partial charge in [-0.25, -0.2) is 14.4 Å². The SMILES string of the molecule is C[C@@]1(O)C(=O)O[C@H](COC(=O)c2ccc(Br)cc2)[C@H]1OC(=O)c1ccc(Br)cc1. The first-order chi connectivity index (χ1) is 13.7. The Morgan fingerprint density at radius 1 is 1.00 bits per heavy atom. The van der Waals surface area contributed by atoms with Gasteiger partial charge < -0.3 is 19.3 Å². The van der Waals surface area contributed by atoms with Crippen LogP contribution in [0.3, 0.4) is 0 Å². The van der Waals surface area contributed by atoms with Crippen LogP contribution in [-0.2, 0) is 19.0 Å². The predicted octanol–water partition coefficient (Wildman–Crippen LogP) is 3.27. The number of hydrogen-bond donors (Lipinski definition) is 1. The normalized spacial score (nSPS) is 23.4. The Morgan fingerprint density at radius 2 is 1.48 bits per heavy atom. The van der Waals surface area contributed by atoms with E-state index in [9.17, 15) is 19.5 Å². The fourth-order valence-electron chi connectivity index (χ4n) is 2.71. The highest BCUT2D eigenvalue weighted by atomic mass is 79.9. The number of carbonyl (C=O) groups excluding carboxylic acids is 3. The van der Waals surface area contributed by atoms with E-state index in [1.54, 1.807) is 36.4 Å². The van der Waals surface area contributed by atoms with E-state index in [1.165, 1.54) is 19.1 Å². The molecule has 9 heteroatoms. The van der Waals surface area contributed by atoms with Gasteiger partial charge in [-0.1, -0.05) is 31.9 Å². The van der Waals surface area contributed by atoms with E-state index in [-0.39, 0.29) is 12.2 Å². The van der Waals surface area contributed by atoms with E-state index in [2.05, 4.69) is 31.9 Å². The van der Waals surface area contributed by atoms with E-state index >= 15 is 0 Å². The van der Waals surface area contributed by atoms with Gasteiger partial charge in [0.2, 0.25) is 0 Å². The Labute approximate surface area is 183 Å². The van der Waals surface area contributed by atoms with E-state index < -0.39 is 35.7 Å². The molecule has 2 aromatic carbocycles. The van der Waals surface area contributed by atoms with Gasteiger partial charge >= 0.3 is 17.9 Å². The topological polar surface area (TPSA) is 99.1 Å². The maximum absolute atomic E-state index is 12.4. The molecule has 1 saturated heterocycles. The molecule has 3 rings (SSSR count). The zero-order chi connectivity index (χ0) is 21.2. The molecule has 0 radical (unpaired) electrons. The Morgan fingerprint density at radius 3 is 2.00 bits per heavy atom. The maximum atomic E-state index is 12.4. The lowest BCUT2D eigenvalue weighted by molar-refractivity contribution is -0.155. The molecule has 0 spiro atoms. The highest BCUT2D eigenvalue weighted by molar-refractivity contribution is 9.10. The van der Waals surface area contributed by atoms with E-state index in [4.69, 9.17) is 14.2 Å². The van der Waals surface area contributed by atoms with Crippen molar-refractivity contribution in [2.75, 3.05) is 6.61 Å². The van der Waals surface area contributed by atoms with Gasteiger partial charge in [0.15, 0.2) is 17.8 Å². The van der Waals surface area contributed by atoms with Crippen molar-refractivity contribution in [1.82, 2.24) is 0 Å². The number of hydrogen-bond acceptors (Lipinski definition) is 7. The third-order valence-electron chi connectivity index (χ3n) is 4.34. The summed E-state index contributed by atoms with van der Waals surface area (Å²) in [4.78, 5) is 36.6. The monoisotopic (exact) mass is 526 g/mol. The summed E-state index contributed by atoms with van der Waals surface area (Å²) < 4.78 is 17.2. The lowest BCUT2D eigenvalue weighted by atomic mass is 9.98. The smallest absolute Gasteiger partial charge is 0.342 e. The summed E-state index contributed by atoms with van der Waals surface area (Å²) in [6.07, 6.45) is -2.49. The van der Waals surface area contributed by atoms with Crippen LogP contribution in [0.25, 0.3) is 0 Å². The second-order valence-electron chi connectivity index (χ2n) is 6.53. The van der Waals surface area contributed by atoms with Crippen molar-refractivity contribution in [2.24, 2.45) is 0 Å². The number of benzene rings is 2. The highest BCUT2D eigenvalue weighted by Gasteiger charge is 2.56. The fourth-order valence-corrected chi connectivity index (χ4v) is 3.23. The Kier molecular flexibility index (Phi) is 6.40. The van der Waals surface area contributed by atoms with Crippen LogP contribution in [0.4, 0.5) is 0 Å². The number of esters is 3. The van der Waals surface area contributed by atoms with Crippen molar-refractivity contribution in [3.8, 4) is 0 Å². The molecule has 29 heavy (non-hydrogen) atoms. The summed E-state index contributed by atoms with van der Waals surface area (Å²) in [6, 6.07) is 12.9. The molecule has 0 saturated carbocycles. The number of cyclic esters (lactones) is 1. The first-order valence-electron chi connectivity index (χ1n) is 8.51. The van der Waals surface area contributed by atoms with Crippen LogP contribution >= 0.6 is 31.9 Å². The molecule has 0 aromatic heterocycles. The molecule has 1 fully saturated rings. The van der Waals surface area contributed by atoms with E-state index in [0.717, 1.165) is 8.95 Å². The molecule has 0 bridgehead atoms. The molecule has 7 nitrogen and oxygen atoms in total. The van der Waals surface area contributed by atoms with Crippen molar-refractivity contribution in [2.45, 2.75) is 24.7 Å². The van der Waals surface area contributed by atoms with Gasteiger partial charge in [0.05, 0.1) is 11.1 Å². The Bertz CT molecular complexity index is 923. The number of aliphatic hydroxyl groups is 1. The lowest BCUT2D eigenvalue weighted by Crippen LogP contribution is -2.47. The first kappa shape index (κ1) is 21.5. The molecular weight excluding hydrogens is 512 g/mol. The molecule has 0 aliphatic carbocycles. The van der Waals surface area contributed by atoms with E-state index in [0.29, 0.717) is 5.56 Å². The average Bonchev–Trinajstić information content (AvgIpc) is 2.90. The molecule has 1 N–H and O–H groups in total. The van der Waals surface area contributed by atoms with Gasteiger partial charge in [0, 0.05) is 8.95 Å². The summed E-state index contributed by atoms with van der Waals surface area (Å²) in [7, 11) is 0. The second kappa shape index (κ2) is 8.64. The predicted molar refractivity (Wildman–Crippen MR) is 108 cm³/mol. The standard InChI is InChI=1S/C20H16Br2O7/c1-20(26)16(29-18(24)12-4-8-14(22)9-5-12)15(28-19(20)25)10-27-17(23)11-2-6-13(21)7-3-11/h2-9,15-16,26H,10H2,1H3/t15-,16-,20+/m1/s1. The van der Waals surface area contributed by atoms with Crippen molar-refractivity contribution in [1.29, 1.82) is 0 Å². The number of rotatable bonds is 5. The van der Waals surface area contributed by atoms with Crippen LogP contribution in [0, 0.1) is 0 Å². The van der Waals surface area contributed by atoms with Crippen molar-refractivity contribution >= 4 is 49.8 Å². The highest BCUT2D eigenvalue weighted by Crippen LogP contribution is 2.30. The second-order valence-corrected chi connectivity index (χ2v) is 8.36. The minimum absolute atomic E-state index is 0.231. The fraction of sp³-hybridized carbons (Fsp3) is 0.250. The van der Waals surface area contributed by atoms with Gasteiger partial charge in [0.25, 0.3) is 0 Å². The number of halogens is 2. The van der Waals surface area contributed by atoms with Crippen LogP contribution in [0.15, 0.2) is 57.5 Å². The van der Waals surface area contributed by atoms with Crippen LogP contribution in [0.5, 0.6) is 0 Å². The van der Waals surface area contributed by atoms with Gasteiger partial charge in [-0.05, 0) is 55.5 Å². The number of carbonyl (C=O) groups is 3. The largest absolute Gasteiger partial charge is 0.458 e. The van der Waals surface area contributed by atoms with Gasteiger partial charge in [-0.3, -0.25) is 0 Å². The van der Waals surface area contributed by atoms with Crippen molar-refractivity contribution in [3.05, 3.63) is 68.6 Å². The van der Waals surface area contributed by atoms with Crippen LogP contribution in [0.2, 0.25) is 0 Å². The van der Waals surface area contributed by atoms with Gasteiger partial charge in [-0.15, -0.1) is 0 Å². The van der Waals surface area contributed by atoms with Crippen LogP contribution in [0.1, 0.15) is 27.6 Å². The molecule has 1 heterocycles. The minimum atomic E-state index is -2.07. The first-order valence-corrected chi connectivity index (χ1v) is 10.1. The summed E-state index contributed by atoms with van der Waals surface area (Å²) in [5, 5.41) is 10.4. The zero-order valence-corrected chi connectivity index (χ0v) is 18.3. The average molecular weight is 528 g/mol. The third kappa shape index (κ3) is 4.85. The molecule has 3 atom stereocenters. The Hall–Kier alpha value is -2.23. The molecule has 1 aliphatic heterocycles. The minimum Gasteiger partial charge on any atom is -0.458 e. The summed E-state index contributed by atoms with van der Waals surface area (Å²) in [6.45, 7) is 0.806. The van der Waals surface area contributed by atoms with Crippen LogP contribution < -0.4 is 0 Å². The lowest BCUT2D eigenvalue weighted by Gasteiger charge is -2.24. The molecule has 0 unspecified atom stereocenters. The molecule has 2 aromatic rings. The number of ether oxygens (including phenoxy) is 3. The third-order valence-corrected chi connectivity index (χ3v) is 5.39. The zero-order valence-electron chi connectivity index (χ0n) is 15.1.